The maximum absolute atomic E-state index is 2.43. The zero-order valence-electron chi connectivity index (χ0n) is 9.68. The molecule has 0 heterocycles. The van der Waals surface area contributed by atoms with Gasteiger partial charge in [-0.2, -0.15) is 0 Å². The summed E-state index contributed by atoms with van der Waals surface area (Å²) < 4.78 is 0. The van der Waals surface area contributed by atoms with Crippen LogP contribution in [0, 0.1) is 17.8 Å². The Morgan fingerprint density at radius 1 is 1.08 bits per heavy atom. The van der Waals surface area contributed by atoms with E-state index in [9.17, 15) is 0 Å². The second kappa shape index (κ2) is 5.67. The fourth-order valence-corrected chi connectivity index (χ4v) is 2.48. The van der Waals surface area contributed by atoms with Gasteiger partial charge in [-0.1, -0.05) is 65.7 Å². The van der Waals surface area contributed by atoms with Crippen molar-refractivity contribution in [2.45, 2.75) is 65.7 Å². The van der Waals surface area contributed by atoms with Crippen molar-refractivity contribution in [2.24, 2.45) is 17.8 Å². The lowest BCUT2D eigenvalue weighted by Gasteiger charge is -2.19. The Morgan fingerprint density at radius 2 is 1.69 bits per heavy atom. The third-order valence-electron chi connectivity index (χ3n) is 4.12. The van der Waals surface area contributed by atoms with Crippen LogP contribution in [0.2, 0.25) is 0 Å². The van der Waals surface area contributed by atoms with Crippen molar-refractivity contribution in [2.75, 3.05) is 0 Å². The van der Waals surface area contributed by atoms with Crippen LogP contribution in [0.3, 0.4) is 0 Å². The molecule has 1 fully saturated rings. The molecule has 0 nitrogen and oxygen atoms in total. The predicted octanol–water partition coefficient (Wildman–Crippen LogP) is 4.64. The smallest absolute Gasteiger partial charge is 0.0414 e. The molecule has 2 atom stereocenters. The van der Waals surface area contributed by atoms with Gasteiger partial charge < -0.3 is 0 Å². The highest BCUT2D eigenvalue weighted by Gasteiger charge is 2.17. The van der Waals surface area contributed by atoms with E-state index in [-0.39, 0.29) is 0 Å². The molecule has 0 bridgehead atoms. The molecular formula is C13H26. The highest BCUT2D eigenvalue weighted by molar-refractivity contribution is 4.69. The molecule has 0 aromatic rings. The average molecular weight is 182 g/mol. The topological polar surface area (TPSA) is 0 Å². The van der Waals surface area contributed by atoms with E-state index in [0.29, 0.717) is 0 Å². The summed E-state index contributed by atoms with van der Waals surface area (Å²) in [6, 6.07) is 0. The molecule has 13 heavy (non-hydrogen) atoms. The second-order valence-corrected chi connectivity index (χ2v) is 5.09. The first-order valence-electron chi connectivity index (χ1n) is 6.24. The zero-order valence-corrected chi connectivity index (χ0v) is 9.68. The van der Waals surface area contributed by atoms with Gasteiger partial charge in [-0.3, -0.25) is 0 Å². The quantitative estimate of drug-likeness (QED) is 0.581. The third-order valence-corrected chi connectivity index (χ3v) is 4.12. The van der Waals surface area contributed by atoms with Gasteiger partial charge in [0.05, 0.1) is 0 Å². The first-order chi connectivity index (χ1) is 6.24. The summed E-state index contributed by atoms with van der Waals surface area (Å²) in [5.74, 6) is 2.97. The van der Waals surface area contributed by atoms with Crippen LogP contribution in [0.4, 0.5) is 0 Å². The molecule has 0 N–H and O–H groups in total. The van der Waals surface area contributed by atoms with Gasteiger partial charge in [0.1, 0.15) is 0 Å². The van der Waals surface area contributed by atoms with Gasteiger partial charge >= 0.3 is 0 Å². The third kappa shape index (κ3) is 3.70. The maximum Gasteiger partial charge on any atom is -0.0414 e. The summed E-state index contributed by atoms with van der Waals surface area (Å²) in [6.45, 7) is 7.15. The van der Waals surface area contributed by atoms with E-state index in [1.165, 1.54) is 44.9 Å². The standard InChI is InChI=1S/C13H26/c1-4-11(2)12(3)9-10-13-7-5-6-8-13/h11-13H,4-10H2,1-3H3. The van der Waals surface area contributed by atoms with Crippen molar-refractivity contribution in [3.05, 3.63) is 0 Å². The Bertz CT molecular complexity index is 122. The van der Waals surface area contributed by atoms with Gasteiger partial charge in [0.2, 0.25) is 0 Å². The summed E-state index contributed by atoms with van der Waals surface area (Å²) in [7, 11) is 0. The van der Waals surface area contributed by atoms with Crippen molar-refractivity contribution in [1.82, 2.24) is 0 Å². The summed E-state index contributed by atoms with van der Waals surface area (Å²) in [6.07, 6.45) is 10.4. The second-order valence-electron chi connectivity index (χ2n) is 5.09. The number of hydrogen-bond donors (Lipinski definition) is 0. The average Bonchev–Trinajstić information content (AvgIpc) is 2.65. The Balaban J connectivity index is 2.10. The Hall–Kier alpha value is 0. The lowest BCUT2D eigenvalue weighted by atomic mass is 9.86. The van der Waals surface area contributed by atoms with Crippen molar-refractivity contribution < 1.29 is 0 Å². The summed E-state index contributed by atoms with van der Waals surface area (Å²) >= 11 is 0. The highest BCUT2D eigenvalue weighted by atomic mass is 14.2. The van der Waals surface area contributed by atoms with Gasteiger partial charge in [-0.15, -0.1) is 0 Å². The Morgan fingerprint density at radius 3 is 2.23 bits per heavy atom. The van der Waals surface area contributed by atoms with Crippen molar-refractivity contribution in [3.63, 3.8) is 0 Å². The minimum atomic E-state index is 0.932. The van der Waals surface area contributed by atoms with E-state index in [4.69, 9.17) is 0 Å². The van der Waals surface area contributed by atoms with E-state index in [2.05, 4.69) is 20.8 Å². The van der Waals surface area contributed by atoms with Crippen LogP contribution in [0.25, 0.3) is 0 Å². The van der Waals surface area contributed by atoms with Gasteiger partial charge in [-0.25, -0.2) is 0 Å². The SMILES string of the molecule is CCC(C)C(C)CCC1CCCC1. The first kappa shape index (κ1) is 11.1. The molecule has 0 spiro atoms. The molecular weight excluding hydrogens is 156 g/mol. The van der Waals surface area contributed by atoms with Crippen LogP contribution in [0.1, 0.15) is 65.7 Å². The van der Waals surface area contributed by atoms with Gasteiger partial charge in [0.15, 0.2) is 0 Å². The molecule has 1 saturated carbocycles. The number of hydrogen-bond acceptors (Lipinski definition) is 0. The fraction of sp³-hybridized carbons (Fsp3) is 1.00. The predicted molar refractivity (Wildman–Crippen MR) is 59.8 cm³/mol. The monoisotopic (exact) mass is 182 g/mol. The van der Waals surface area contributed by atoms with Crippen LogP contribution >= 0.6 is 0 Å². The van der Waals surface area contributed by atoms with Gasteiger partial charge in [0.25, 0.3) is 0 Å². The van der Waals surface area contributed by atoms with E-state index < -0.39 is 0 Å². The normalized spacial score (nSPS) is 23.3. The lowest BCUT2D eigenvalue weighted by molar-refractivity contribution is 0.319. The molecule has 0 aliphatic heterocycles. The maximum atomic E-state index is 2.43. The van der Waals surface area contributed by atoms with Crippen LogP contribution in [-0.4, -0.2) is 0 Å². The van der Waals surface area contributed by atoms with Crippen LogP contribution in [-0.2, 0) is 0 Å². The fourth-order valence-electron chi connectivity index (χ4n) is 2.48. The molecule has 0 aromatic heterocycles. The molecule has 0 heteroatoms. The molecule has 0 amide bonds. The Kier molecular flexibility index (Phi) is 4.83. The van der Waals surface area contributed by atoms with Gasteiger partial charge in [0, 0.05) is 0 Å². The summed E-state index contributed by atoms with van der Waals surface area (Å²) in [5, 5.41) is 0. The number of rotatable bonds is 5. The van der Waals surface area contributed by atoms with Crippen LogP contribution in [0.5, 0.6) is 0 Å². The minimum Gasteiger partial charge on any atom is -0.0651 e. The summed E-state index contributed by atoms with van der Waals surface area (Å²) in [4.78, 5) is 0. The minimum absolute atomic E-state index is 0.932. The van der Waals surface area contributed by atoms with E-state index in [1.54, 1.807) is 0 Å². The van der Waals surface area contributed by atoms with Crippen LogP contribution < -0.4 is 0 Å². The lowest BCUT2D eigenvalue weighted by Crippen LogP contribution is -2.08. The molecule has 1 rings (SSSR count). The Labute approximate surface area is 84.1 Å². The highest BCUT2D eigenvalue weighted by Crippen LogP contribution is 2.31. The largest absolute Gasteiger partial charge is 0.0651 e. The molecule has 78 valence electrons. The molecule has 0 saturated heterocycles. The van der Waals surface area contributed by atoms with E-state index in [0.717, 1.165) is 17.8 Å². The summed E-state index contributed by atoms with van der Waals surface area (Å²) in [5.41, 5.74) is 0. The molecule has 0 aromatic carbocycles. The van der Waals surface area contributed by atoms with Crippen molar-refractivity contribution in [1.29, 1.82) is 0 Å². The zero-order chi connectivity index (χ0) is 9.68. The van der Waals surface area contributed by atoms with E-state index >= 15 is 0 Å². The van der Waals surface area contributed by atoms with Crippen LogP contribution in [0.15, 0.2) is 0 Å². The van der Waals surface area contributed by atoms with Crippen molar-refractivity contribution in [3.8, 4) is 0 Å². The first-order valence-corrected chi connectivity index (χ1v) is 6.24. The van der Waals surface area contributed by atoms with Crippen molar-refractivity contribution >= 4 is 0 Å². The molecule has 1 aliphatic rings. The molecule has 0 radical (unpaired) electrons. The van der Waals surface area contributed by atoms with Gasteiger partial charge in [-0.05, 0) is 17.8 Å². The molecule has 2 unspecified atom stereocenters. The molecule has 1 aliphatic carbocycles. The van der Waals surface area contributed by atoms with E-state index in [1.807, 2.05) is 0 Å².